The van der Waals surface area contributed by atoms with Crippen LogP contribution in [-0.4, -0.2) is 14.5 Å². The van der Waals surface area contributed by atoms with E-state index in [1.54, 1.807) is 6.20 Å². The fourth-order valence-corrected chi connectivity index (χ4v) is 2.24. The summed E-state index contributed by atoms with van der Waals surface area (Å²) in [4.78, 5) is 8.80. The van der Waals surface area contributed by atoms with Crippen LogP contribution in [0.15, 0.2) is 12.3 Å². The zero-order valence-electron chi connectivity index (χ0n) is 8.66. The van der Waals surface area contributed by atoms with Crippen LogP contribution in [0.25, 0.3) is 11.2 Å². The summed E-state index contributed by atoms with van der Waals surface area (Å²) >= 11 is 11.8. The van der Waals surface area contributed by atoms with Crippen LogP contribution in [0.1, 0.15) is 18.7 Å². The van der Waals surface area contributed by atoms with E-state index >= 15 is 0 Å². The van der Waals surface area contributed by atoms with Gasteiger partial charge in [-0.2, -0.15) is 0 Å². The minimum absolute atomic E-state index is 0.417. The molecule has 5 heteroatoms. The summed E-state index contributed by atoms with van der Waals surface area (Å²) in [6, 6.07) is 1.84. The van der Waals surface area contributed by atoms with Crippen molar-refractivity contribution < 1.29 is 0 Å². The molecule has 3 rings (SSSR count). The lowest BCUT2D eigenvalue weighted by molar-refractivity contribution is 0.619. The summed E-state index contributed by atoms with van der Waals surface area (Å²) in [5, 5.41) is 0.615. The van der Waals surface area contributed by atoms with Gasteiger partial charge in [0.2, 0.25) is 0 Å². The first kappa shape index (κ1) is 10.4. The van der Waals surface area contributed by atoms with Crippen molar-refractivity contribution in [1.29, 1.82) is 0 Å². The van der Waals surface area contributed by atoms with Gasteiger partial charge in [0.1, 0.15) is 11.3 Å². The van der Waals surface area contributed by atoms with Gasteiger partial charge in [0.05, 0.1) is 10.9 Å². The molecule has 0 aromatic carbocycles. The van der Waals surface area contributed by atoms with Crippen LogP contribution in [0.5, 0.6) is 0 Å². The van der Waals surface area contributed by atoms with Gasteiger partial charge in [0.25, 0.3) is 0 Å². The molecule has 1 saturated carbocycles. The van der Waals surface area contributed by atoms with Crippen molar-refractivity contribution in [2.24, 2.45) is 5.92 Å². The van der Waals surface area contributed by atoms with Crippen molar-refractivity contribution in [1.82, 2.24) is 14.5 Å². The Balaban J connectivity index is 2.13. The van der Waals surface area contributed by atoms with E-state index in [9.17, 15) is 0 Å². The van der Waals surface area contributed by atoms with Crippen molar-refractivity contribution in [3.63, 3.8) is 0 Å². The number of hydrogen-bond donors (Lipinski definition) is 0. The molecule has 1 fully saturated rings. The topological polar surface area (TPSA) is 30.7 Å². The number of halogens is 2. The summed E-state index contributed by atoms with van der Waals surface area (Å²) in [6.07, 6.45) is 4.26. The van der Waals surface area contributed by atoms with E-state index < -0.39 is 0 Å². The van der Waals surface area contributed by atoms with Gasteiger partial charge < -0.3 is 4.57 Å². The second kappa shape index (κ2) is 3.90. The number of fused-ring (bicyclic) bond motifs is 1. The molecule has 1 aliphatic carbocycles. The van der Waals surface area contributed by atoms with Crippen LogP contribution in [0.3, 0.4) is 0 Å². The second-order valence-electron chi connectivity index (χ2n) is 4.21. The van der Waals surface area contributed by atoms with Crippen LogP contribution < -0.4 is 0 Å². The molecule has 2 heterocycles. The fraction of sp³-hybridized carbons (Fsp3) is 0.455. The highest BCUT2D eigenvalue weighted by atomic mass is 35.5. The van der Waals surface area contributed by atoms with Crippen molar-refractivity contribution in [2.75, 3.05) is 0 Å². The van der Waals surface area contributed by atoms with E-state index in [0.717, 1.165) is 29.5 Å². The first-order valence-electron chi connectivity index (χ1n) is 5.34. The maximum Gasteiger partial charge on any atom is 0.160 e. The van der Waals surface area contributed by atoms with Gasteiger partial charge in [-0.05, 0) is 24.8 Å². The predicted molar refractivity (Wildman–Crippen MR) is 64.8 cm³/mol. The highest BCUT2D eigenvalue weighted by molar-refractivity contribution is 6.31. The lowest BCUT2D eigenvalue weighted by Gasteiger charge is -2.04. The molecule has 16 heavy (non-hydrogen) atoms. The summed E-state index contributed by atoms with van der Waals surface area (Å²) in [6.45, 7) is 0.979. The molecule has 0 atom stereocenters. The van der Waals surface area contributed by atoms with Gasteiger partial charge in [-0.1, -0.05) is 11.6 Å². The molecular weight excluding hydrogens is 245 g/mol. The smallest absolute Gasteiger partial charge is 0.160 e. The minimum atomic E-state index is 0.417. The molecular formula is C11H11Cl2N3. The number of alkyl halides is 1. The van der Waals surface area contributed by atoms with E-state index in [-0.39, 0.29) is 0 Å². The summed E-state index contributed by atoms with van der Waals surface area (Å²) in [7, 11) is 0. The maximum absolute atomic E-state index is 5.90. The number of nitrogens with zero attached hydrogens (tertiary/aromatic N) is 3. The Morgan fingerprint density at radius 2 is 2.25 bits per heavy atom. The Bertz CT molecular complexity index is 531. The lowest BCUT2D eigenvalue weighted by atomic mass is 10.4. The number of aromatic nitrogens is 3. The Morgan fingerprint density at radius 1 is 1.44 bits per heavy atom. The fourth-order valence-electron chi connectivity index (χ4n) is 1.89. The number of rotatable bonds is 3. The van der Waals surface area contributed by atoms with Crippen LogP contribution in [0.2, 0.25) is 5.02 Å². The average molecular weight is 256 g/mol. The largest absolute Gasteiger partial charge is 0.311 e. The maximum atomic E-state index is 5.90. The van der Waals surface area contributed by atoms with E-state index in [1.807, 2.05) is 6.07 Å². The quantitative estimate of drug-likeness (QED) is 0.789. The highest BCUT2D eigenvalue weighted by Gasteiger charge is 2.24. The molecule has 0 N–H and O–H groups in total. The summed E-state index contributed by atoms with van der Waals surface area (Å²) in [5.74, 6) is 2.08. The van der Waals surface area contributed by atoms with Crippen LogP contribution in [-0.2, 0) is 12.4 Å². The van der Waals surface area contributed by atoms with Crippen molar-refractivity contribution in [2.45, 2.75) is 25.3 Å². The molecule has 3 nitrogen and oxygen atoms in total. The monoisotopic (exact) mass is 255 g/mol. The highest BCUT2D eigenvalue weighted by Crippen LogP contribution is 2.32. The normalized spacial score (nSPS) is 15.9. The Morgan fingerprint density at radius 3 is 2.94 bits per heavy atom. The van der Waals surface area contributed by atoms with Gasteiger partial charge in [-0.3, -0.25) is 0 Å². The molecule has 0 bridgehead atoms. The third-order valence-electron chi connectivity index (χ3n) is 2.89. The molecule has 0 unspecified atom stereocenters. The van der Waals surface area contributed by atoms with E-state index in [1.165, 1.54) is 12.8 Å². The minimum Gasteiger partial charge on any atom is -0.311 e. The molecule has 2 aromatic rings. The molecule has 2 aromatic heterocycles. The predicted octanol–water partition coefficient (Wildman–Crippen LogP) is 3.23. The average Bonchev–Trinajstić information content (AvgIpc) is 3.01. The zero-order chi connectivity index (χ0) is 11.1. The third kappa shape index (κ3) is 1.78. The first-order chi connectivity index (χ1) is 7.78. The van der Waals surface area contributed by atoms with Gasteiger partial charge in [-0.15, -0.1) is 11.6 Å². The molecule has 84 valence electrons. The first-order valence-corrected chi connectivity index (χ1v) is 6.26. The molecule has 0 saturated heterocycles. The van der Waals surface area contributed by atoms with Crippen molar-refractivity contribution >= 4 is 34.4 Å². The molecule has 0 aliphatic heterocycles. The number of hydrogen-bond acceptors (Lipinski definition) is 2. The van der Waals surface area contributed by atoms with Gasteiger partial charge in [0.15, 0.2) is 5.65 Å². The Hall–Kier alpha value is -0.800. The number of imidazole rings is 1. The number of pyridine rings is 1. The zero-order valence-corrected chi connectivity index (χ0v) is 10.2. The summed E-state index contributed by atoms with van der Waals surface area (Å²) < 4.78 is 2.12. The van der Waals surface area contributed by atoms with Crippen molar-refractivity contribution in [3.8, 4) is 0 Å². The van der Waals surface area contributed by atoms with Crippen LogP contribution in [0.4, 0.5) is 0 Å². The SMILES string of the molecule is ClCc1nc2cc(Cl)cnc2n1CC1CC1. The van der Waals surface area contributed by atoms with Gasteiger partial charge in [0, 0.05) is 12.7 Å². The molecule has 1 aliphatic rings. The van der Waals surface area contributed by atoms with E-state index in [2.05, 4.69) is 14.5 Å². The van der Waals surface area contributed by atoms with Gasteiger partial charge >= 0.3 is 0 Å². The standard InChI is InChI=1S/C11H11Cl2N3/c12-4-10-15-9-3-8(13)5-14-11(9)16(10)6-7-1-2-7/h3,5,7H,1-2,4,6H2. The third-order valence-corrected chi connectivity index (χ3v) is 3.33. The van der Waals surface area contributed by atoms with Crippen molar-refractivity contribution in [3.05, 3.63) is 23.1 Å². The van der Waals surface area contributed by atoms with Crippen LogP contribution >= 0.6 is 23.2 Å². The molecule has 0 amide bonds. The second-order valence-corrected chi connectivity index (χ2v) is 4.92. The Kier molecular flexibility index (Phi) is 2.52. The van der Waals surface area contributed by atoms with E-state index in [4.69, 9.17) is 23.2 Å². The van der Waals surface area contributed by atoms with Crippen LogP contribution in [0, 0.1) is 5.92 Å². The molecule has 0 spiro atoms. The van der Waals surface area contributed by atoms with Gasteiger partial charge in [-0.25, -0.2) is 9.97 Å². The van der Waals surface area contributed by atoms with E-state index in [0.29, 0.717) is 10.9 Å². The molecule has 0 radical (unpaired) electrons. The Labute approximate surface area is 103 Å². The summed E-state index contributed by atoms with van der Waals surface area (Å²) in [5.41, 5.74) is 1.73. The lowest BCUT2D eigenvalue weighted by Crippen LogP contribution is -2.04.